The summed E-state index contributed by atoms with van der Waals surface area (Å²) in [6.45, 7) is 1.82. The van der Waals surface area contributed by atoms with Crippen molar-refractivity contribution < 1.29 is 14.6 Å². The van der Waals surface area contributed by atoms with Crippen molar-refractivity contribution in [3.63, 3.8) is 0 Å². The summed E-state index contributed by atoms with van der Waals surface area (Å²) in [6.07, 6.45) is 0. The fourth-order valence-corrected chi connectivity index (χ4v) is 2.77. The van der Waals surface area contributed by atoms with Crippen LogP contribution in [0.3, 0.4) is 0 Å². The molecular weight excluding hydrogens is 346 g/mol. The van der Waals surface area contributed by atoms with Gasteiger partial charge in [0, 0.05) is 0 Å². The number of aliphatic hydroxyl groups is 1. The number of hydrogen-bond donors (Lipinski definition) is 1. The molecule has 26 heavy (non-hydrogen) atoms. The van der Waals surface area contributed by atoms with Gasteiger partial charge in [-0.2, -0.15) is 4.99 Å². The smallest absolute Gasteiger partial charge is 0.318 e. The van der Waals surface area contributed by atoms with Crippen molar-refractivity contribution >= 4 is 39.8 Å². The minimum Gasteiger partial charge on any atom is -0.426 e. The lowest BCUT2D eigenvalue weighted by atomic mass is 9.97. The first-order valence-corrected chi connectivity index (χ1v) is 8.54. The van der Waals surface area contributed by atoms with Crippen LogP contribution < -0.4 is 4.74 Å². The number of ether oxygens (including phenoxy) is 1. The Kier molecular flexibility index (Phi) is 5.54. The molecule has 0 fully saturated rings. The molecule has 0 aliphatic heterocycles. The largest absolute Gasteiger partial charge is 0.426 e. The second-order valence-electron chi connectivity index (χ2n) is 5.94. The summed E-state index contributed by atoms with van der Waals surface area (Å²) in [5, 5.41) is 13.6. The van der Waals surface area contributed by atoms with Crippen molar-refractivity contribution in [2.45, 2.75) is 19.4 Å². The minimum atomic E-state index is -0.407. The van der Waals surface area contributed by atoms with Crippen LogP contribution in [-0.2, 0) is 11.4 Å². The Balaban J connectivity index is 1.77. The van der Waals surface area contributed by atoms with E-state index in [-0.39, 0.29) is 12.6 Å². The zero-order valence-corrected chi connectivity index (χ0v) is 15.0. The fourth-order valence-electron chi connectivity index (χ4n) is 2.66. The van der Waals surface area contributed by atoms with E-state index in [1.807, 2.05) is 43.3 Å². The van der Waals surface area contributed by atoms with Crippen LogP contribution in [-0.4, -0.2) is 16.2 Å². The van der Waals surface area contributed by atoms with E-state index in [4.69, 9.17) is 4.74 Å². The number of carbonyl (C=O) groups is 1. The standard InChI is InChI=1S/C21H17NO3S/c1-14(21(24)25-20-8-6-19(7-9-20)22-13-26)16-4-5-17-10-15(12-23)2-3-18(17)11-16/h2-11,14,23H,12H2,1H3. The van der Waals surface area contributed by atoms with Gasteiger partial charge in [-0.15, -0.1) is 0 Å². The van der Waals surface area contributed by atoms with Crippen molar-refractivity contribution in [3.8, 4) is 5.75 Å². The van der Waals surface area contributed by atoms with Crippen molar-refractivity contribution in [2.75, 3.05) is 0 Å². The van der Waals surface area contributed by atoms with Crippen molar-refractivity contribution in [1.29, 1.82) is 0 Å². The van der Waals surface area contributed by atoms with E-state index in [2.05, 4.69) is 22.4 Å². The Hall–Kier alpha value is -2.85. The number of rotatable bonds is 5. The first-order chi connectivity index (χ1) is 12.6. The monoisotopic (exact) mass is 363 g/mol. The van der Waals surface area contributed by atoms with Gasteiger partial charge in [0.15, 0.2) is 0 Å². The Labute approximate surface area is 156 Å². The molecule has 1 N–H and O–H groups in total. The topological polar surface area (TPSA) is 58.9 Å². The molecular formula is C21H17NO3S. The maximum atomic E-state index is 12.5. The number of fused-ring (bicyclic) bond motifs is 1. The summed E-state index contributed by atoms with van der Waals surface area (Å²) in [5.74, 6) is -0.281. The Morgan fingerprint density at radius 3 is 2.50 bits per heavy atom. The molecule has 1 unspecified atom stereocenters. The lowest BCUT2D eigenvalue weighted by Gasteiger charge is -2.13. The van der Waals surface area contributed by atoms with Crippen LogP contribution >= 0.6 is 12.2 Å². The summed E-state index contributed by atoms with van der Waals surface area (Å²) in [4.78, 5) is 16.3. The molecule has 0 spiro atoms. The van der Waals surface area contributed by atoms with E-state index >= 15 is 0 Å². The Morgan fingerprint density at radius 1 is 1.12 bits per heavy atom. The molecule has 0 saturated carbocycles. The molecule has 0 amide bonds. The summed E-state index contributed by atoms with van der Waals surface area (Å²) < 4.78 is 5.45. The fraction of sp³-hybridized carbons (Fsp3) is 0.143. The number of isothiocyanates is 1. The van der Waals surface area contributed by atoms with E-state index in [9.17, 15) is 9.90 Å². The van der Waals surface area contributed by atoms with Crippen molar-refractivity contribution in [1.82, 2.24) is 0 Å². The van der Waals surface area contributed by atoms with Crippen molar-refractivity contribution in [3.05, 3.63) is 71.8 Å². The predicted molar refractivity (Wildman–Crippen MR) is 105 cm³/mol. The highest BCUT2D eigenvalue weighted by Gasteiger charge is 2.18. The number of esters is 1. The summed E-state index contributed by atoms with van der Waals surface area (Å²) in [7, 11) is 0. The van der Waals surface area contributed by atoms with Crippen LogP contribution in [0.25, 0.3) is 10.8 Å². The lowest BCUT2D eigenvalue weighted by Crippen LogP contribution is -2.16. The molecule has 0 aromatic heterocycles. The third-order valence-electron chi connectivity index (χ3n) is 4.19. The summed E-state index contributed by atoms with van der Waals surface area (Å²) >= 11 is 4.56. The quantitative estimate of drug-likeness (QED) is 0.307. The van der Waals surface area contributed by atoms with E-state index in [1.165, 1.54) is 0 Å². The van der Waals surface area contributed by atoms with E-state index in [1.54, 1.807) is 24.3 Å². The van der Waals surface area contributed by atoms with Crippen LogP contribution in [0, 0.1) is 0 Å². The van der Waals surface area contributed by atoms with Crippen molar-refractivity contribution in [2.24, 2.45) is 4.99 Å². The highest BCUT2D eigenvalue weighted by atomic mass is 32.1. The molecule has 0 heterocycles. The highest BCUT2D eigenvalue weighted by molar-refractivity contribution is 7.78. The normalized spacial score (nSPS) is 11.6. The summed E-state index contributed by atoms with van der Waals surface area (Å²) in [6, 6.07) is 18.4. The number of aliphatic hydroxyl groups excluding tert-OH is 1. The van der Waals surface area contributed by atoms with Gasteiger partial charge < -0.3 is 9.84 Å². The van der Waals surface area contributed by atoms with Gasteiger partial charge in [-0.05, 0) is 71.4 Å². The SMILES string of the molecule is CC(C(=O)Oc1ccc(N=C=S)cc1)c1ccc2cc(CO)ccc2c1. The van der Waals surface area contributed by atoms with Gasteiger partial charge in [-0.1, -0.05) is 30.3 Å². The molecule has 3 aromatic rings. The Morgan fingerprint density at radius 2 is 1.81 bits per heavy atom. The predicted octanol–water partition coefficient (Wildman–Crippen LogP) is 4.78. The van der Waals surface area contributed by atoms with E-state index < -0.39 is 5.92 Å². The van der Waals surface area contributed by atoms with Crippen LogP contribution in [0.2, 0.25) is 0 Å². The lowest BCUT2D eigenvalue weighted by molar-refractivity contribution is -0.135. The first-order valence-electron chi connectivity index (χ1n) is 8.14. The highest BCUT2D eigenvalue weighted by Crippen LogP contribution is 2.25. The van der Waals surface area contributed by atoms with E-state index in [0.29, 0.717) is 11.4 Å². The molecule has 1 atom stereocenters. The van der Waals surface area contributed by atoms with E-state index in [0.717, 1.165) is 21.9 Å². The second kappa shape index (κ2) is 8.02. The third-order valence-corrected chi connectivity index (χ3v) is 4.29. The number of nitrogens with zero attached hydrogens (tertiary/aromatic N) is 1. The first kappa shape index (κ1) is 18.0. The number of aliphatic imine (C=N–C) groups is 1. The van der Waals surface area contributed by atoms with Gasteiger partial charge in [-0.3, -0.25) is 4.79 Å². The molecule has 130 valence electrons. The number of thiocarbonyl (C=S) groups is 1. The molecule has 0 aliphatic carbocycles. The molecule has 0 radical (unpaired) electrons. The molecule has 0 aliphatic rings. The number of carbonyl (C=O) groups excluding carboxylic acids is 1. The molecule has 3 rings (SSSR count). The maximum absolute atomic E-state index is 12.5. The number of hydrogen-bond acceptors (Lipinski definition) is 5. The molecule has 0 saturated heterocycles. The average molecular weight is 363 g/mol. The van der Waals surface area contributed by atoms with Gasteiger partial charge >= 0.3 is 5.97 Å². The second-order valence-corrected chi connectivity index (χ2v) is 6.12. The van der Waals surface area contributed by atoms with Gasteiger partial charge in [0.2, 0.25) is 0 Å². The third kappa shape index (κ3) is 4.03. The van der Waals surface area contributed by atoms with Gasteiger partial charge in [0.05, 0.1) is 23.4 Å². The molecule has 3 aromatic carbocycles. The average Bonchev–Trinajstić information content (AvgIpc) is 2.68. The zero-order chi connectivity index (χ0) is 18.5. The molecule has 0 bridgehead atoms. The minimum absolute atomic E-state index is 0.00892. The maximum Gasteiger partial charge on any atom is 0.318 e. The van der Waals surface area contributed by atoms with Gasteiger partial charge in [-0.25, -0.2) is 0 Å². The number of benzene rings is 3. The van der Waals surface area contributed by atoms with Crippen LogP contribution in [0.4, 0.5) is 5.69 Å². The summed E-state index contributed by atoms with van der Waals surface area (Å²) in [5.41, 5.74) is 2.39. The van der Waals surface area contributed by atoms with Crippen LogP contribution in [0.5, 0.6) is 5.75 Å². The van der Waals surface area contributed by atoms with Gasteiger partial charge in [0.25, 0.3) is 0 Å². The molecule has 5 heteroatoms. The molecule has 4 nitrogen and oxygen atoms in total. The van der Waals surface area contributed by atoms with Gasteiger partial charge in [0.1, 0.15) is 5.75 Å². The zero-order valence-electron chi connectivity index (χ0n) is 14.2. The Bertz CT molecular complexity index is 992. The van der Waals surface area contributed by atoms with Crippen LogP contribution in [0.15, 0.2) is 65.7 Å². The van der Waals surface area contributed by atoms with Crippen LogP contribution in [0.1, 0.15) is 24.0 Å².